The van der Waals surface area contributed by atoms with Crippen LogP contribution >= 0.6 is 0 Å². The van der Waals surface area contributed by atoms with Crippen LogP contribution < -0.4 is 5.32 Å². The first-order valence-corrected chi connectivity index (χ1v) is 10.9. The minimum atomic E-state index is -3.43. The molecule has 3 rings (SSSR count). The molecule has 0 saturated carbocycles. The van der Waals surface area contributed by atoms with Crippen LogP contribution in [0.15, 0.2) is 59.5 Å². The van der Waals surface area contributed by atoms with Crippen molar-refractivity contribution >= 4 is 21.6 Å². The number of nitrogens with zero attached hydrogens (tertiary/aromatic N) is 1. The first kappa shape index (κ1) is 19.6. The summed E-state index contributed by atoms with van der Waals surface area (Å²) >= 11 is 0. The van der Waals surface area contributed by atoms with Gasteiger partial charge < -0.3 is 5.32 Å². The highest BCUT2D eigenvalue weighted by atomic mass is 32.2. The molecule has 0 aliphatic carbocycles. The monoisotopic (exact) mass is 386 g/mol. The minimum absolute atomic E-state index is 0.0711. The second-order valence-electron chi connectivity index (χ2n) is 6.88. The van der Waals surface area contributed by atoms with E-state index >= 15 is 0 Å². The van der Waals surface area contributed by atoms with Gasteiger partial charge in [-0.2, -0.15) is 4.31 Å². The molecular weight excluding hydrogens is 360 g/mol. The van der Waals surface area contributed by atoms with E-state index in [4.69, 9.17) is 0 Å². The summed E-state index contributed by atoms with van der Waals surface area (Å²) < 4.78 is 26.7. The molecule has 6 heteroatoms. The predicted molar refractivity (Wildman–Crippen MR) is 107 cm³/mol. The Labute approximate surface area is 161 Å². The van der Waals surface area contributed by atoms with Crippen LogP contribution in [0.4, 0.5) is 5.69 Å². The summed E-state index contributed by atoms with van der Waals surface area (Å²) in [4.78, 5) is 13.0. The van der Waals surface area contributed by atoms with Crippen LogP contribution in [0.2, 0.25) is 0 Å². The number of hydrogen-bond acceptors (Lipinski definition) is 3. The van der Waals surface area contributed by atoms with E-state index in [1.165, 1.54) is 4.31 Å². The van der Waals surface area contributed by atoms with Crippen LogP contribution in [-0.4, -0.2) is 31.7 Å². The fraction of sp³-hybridized carbons (Fsp3) is 0.381. The standard InChI is InChI=1S/C21H26N2O3S/c1-2-8-20(17-9-4-3-5-10-17)21(24)22-18-11-13-19(14-12-18)27(25,26)23-15-6-7-16-23/h3-5,9-14,20H,2,6-8,15-16H2,1H3,(H,22,24)/t20-/m1/s1. The molecule has 1 saturated heterocycles. The molecule has 1 heterocycles. The van der Waals surface area contributed by atoms with Crippen LogP contribution in [0, 0.1) is 0 Å². The molecule has 0 spiro atoms. The summed E-state index contributed by atoms with van der Waals surface area (Å²) in [7, 11) is -3.43. The van der Waals surface area contributed by atoms with Gasteiger partial charge in [-0.25, -0.2) is 8.42 Å². The second kappa shape index (κ2) is 8.67. The molecule has 0 radical (unpaired) electrons. The van der Waals surface area contributed by atoms with Crippen molar-refractivity contribution in [3.8, 4) is 0 Å². The first-order chi connectivity index (χ1) is 13.0. The summed E-state index contributed by atoms with van der Waals surface area (Å²) in [5.41, 5.74) is 1.60. The van der Waals surface area contributed by atoms with Crippen molar-refractivity contribution in [2.24, 2.45) is 0 Å². The van der Waals surface area contributed by atoms with Crippen molar-refractivity contribution in [1.29, 1.82) is 0 Å². The maximum Gasteiger partial charge on any atom is 0.243 e. The van der Waals surface area contributed by atoms with Gasteiger partial charge in [0, 0.05) is 18.8 Å². The molecule has 0 bridgehead atoms. The van der Waals surface area contributed by atoms with E-state index in [2.05, 4.69) is 12.2 Å². The van der Waals surface area contributed by atoms with E-state index in [0.29, 0.717) is 18.8 Å². The van der Waals surface area contributed by atoms with Gasteiger partial charge in [-0.05, 0) is 49.1 Å². The van der Waals surface area contributed by atoms with E-state index in [1.54, 1.807) is 24.3 Å². The van der Waals surface area contributed by atoms with Crippen LogP contribution in [0.3, 0.4) is 0 Å². The quantitative estimate of drug-likeness (QED) is 0.782. The van der Waals surface area contributed by atoms with Crippen LogP contribution in [0.25, 0.3) is 0 Å². The number of rotatable bonds is 7. The number of amides is 1. The van der Waals surface area contributed by atoms with Crippen molar-refractivity contribution < 1.29 is 13.2 Å². The molecule has 1 amide bonds. The molecule has 2 aromatic carbocycles. The van der Waals surface area contributed by atoms with Gasteiger partial charge in [-0.1, -0.05) is 43.7 Å². The fourth-order valence-electron chi connectivity index (χ4n) is 3.44. The van der Waals surface area contributed by atoms with Crippen molar-refractivity contribution in [3.05, 3.63) is 60.2 Å². The summed E-state index contributed by atoms with van der Waals surface area (Å²) in [5.74, 6) is -0.289. The zero-order valence-electron chi connectivity index (χ0n) is 15.6. The molecule has 0 unspecified atom stereocenters. The fourth-order valence-corrected chi connectivity index (χ4v) is 4.96. The summed E-state index contributed by atoms with van der Waals surface area (Å²) in [5, 5.41) is 2.93. The highest BCUT2D eigenvalue weighted by Gasteiger charge is 2.27. The Morgan fingerprint density at radius 1 is 1.04 bits per heavy atom. The van der Waals surface area contributed by atoms with Gasteiger partial charge in [0.1, 0.15) is 0 Å². The highest BCUT2D eigenvalue weighted by Crippen LogP contribution is 2.25. The topological polar surface area (TPSA) is 66.5 Å². The number of nitrogens with one attached hydrogen (secondary N) is 1. The number of anilines is 1. The zero-order valence-corrected chi connectivity index (χ0v) is 16.4. The third kappa shape index (κ3) is 4.57. The highest BCUT2D eigenvalue weighted by molar-refractivity contribution is 7.89. The van der Waals surface area contributed by atoms with Gasteiger partial charge in [-0.3, -0.25) is 4.79 Å². The number of sulfonamides is 1. The molecule has 1 aliphatic heterocycles. The van der Waals surface area contributed by atoms with E-state index in [1.807, 2.05) is 30.3 Å². The number of benzene rings is 2. The van der Waals surface area contributed by atoms with E-state index < -0.39 is 10.0 Å². The Hall–Kier alpha value is -2.18. The lowest BCUT2D eigenvalue weighted by molar-refractivity contribution is -0.117. The Balaban J connectivity index is 1.72. The van der Waals surface area contributed by atoms with Gasteiger partial charge in [-0.15, -0.1) is 0 Å². The molecule has 1 N–H and O–H groups in total. The smallest absolute Gasteiger partial charge is 0.243 e. The number of hydrogen-bond donors (Lipinski definition) is 1. The number of carbonyl (C=O) groups is 1. The first-order valence-electron chi connectivity index (χ1n) is 9.48. The SMILES string of the molecule is CCC[C@@H](C(=O)Nc1ccc(S(=O)(=O)N2CCCC2)cc1)c1ccccc1. The third-order valence-electron chi connectivity index (χ3n) is 4.92. The second-order valence-corrected chi connectivity index (χ2v) is 8.81. The molecule has 1 aliphatic rings. The average molecular weight is 387 g/mol. The molecule has 27 heavy (non-hydrogen) atoms. The molecule has 1 fully saturated rings. The summed E-state index contributed by atoms with van der Waals surface area (Å²) in [6, 6.07) is 16.2. The lowest BCUT2D eigenvalue weighted by Gasteiger charge is -2.18. The Bertz CT molecular complexity index is 858. The van der Waals surface area contributed by atoms with Gasteiger partial charge >= 0.3 is 0 Å². The maximum atomic E-state index is 12.8. The Morgan fingerprint density at radius 3 is 2.26 bits per heavy atom. The van der Waals surface area contributed by atoms with Crippen LogP contribution in [0.1, 0.15) is 44.1 Å². The lowest BCUT2D eigenvalue weighted by atomic mass is 9.93. The van der Waals surface area contributed by atoms with Gasteiger partial charge in [0.15, 0.2) is 0 Å². The van der Waals surface area contributed by atoms with Crippen molar-refractivity contribution in [2.45, 2.75) is 43.4 Å². The van der Waals surface area contributed by atoms with E-state index in [0.717, 1.165) is 31.2 Å². The number of carbonyl (C=O) groups excluding carboxylic acids is 1. The molecular formula is C21H26N2O3S. The summed E-state index contributed by atoms with van der Waals surface area (Å²) in [6.45, 7) is 3.22. The van der Waals surface area contributed by atoms with E-state index in [9.17, 15) is 13.2 Å². The van der Waals surface area contributed by atoms with Gasteiger partial charge in [0.2, 0.25) is 15.9 Å². The summed E-state index contributed by atoms with van der Waals surface area (Å²) in [6.07, 6.45) is 3.48. The normalized spacial score (nSPS) is 16.2. The molecule has 1 atom stereocenters. The third-order valence-corrected chi connectivity index (χ3v) is 6.83. The zero-order chi connectivity index (χ0) is 19.3. The maximum absolute atomic E-state index is 12.8. The van der Waals surface area contributed by atoms with Crippen LogP contribution in [-0.2, 0) is 14.8 Å². The van der Waals surface area contributed by atoms with Gasteiger partial charge in [0.25, 0.3) is 0 Å². The van der Waals surface area contributed by atoms with Crippen molar-refractivity contribution in [1.82, 2.24) is 4.31 Å². The molecule has 144 valence electrons. The van der Waals surface area contributed by atoms with Gasteiger partial charge in [0.05, 0.1) is 10.8 Å². The molecule has 0 aromatic heterocycles. The lowest BCUT2D eigenvalue weighted by Crippen LogP contribution is -2.27. The van der Waals surface area contributed by atoms with Crippen molar-refractivity contribution in [2.75, 3.05) is 18.4 Å². The molecule has 5 nitrogen and oxygen atoms in total. The molecule has 2 aromatic rings. The minimum Gasteiger partial charge on any atom is -0.326 e. The van der Waals surface area contributed by atoms with Crippen molar-refractivity contribution in [3.63, 3.8) is 0 Å². The van der Waals surface area contributed by atoms with E-state index in [-0.39, 0.29) is 16.7 Å². The Morgan fingerprint density at radius 2 is 1.67 bits per heavy atom. The predicted octanol–water partition coefficient (Wildman–Crippen LogP) is 3.99. The average Bonchev–Trinajstić information content (AvgIpc) is 3.23. The largest absolute Gasteiger partial charge is 0.326 e. The van der Waals surface area contributed by atoms with Crippen LogP contribution in [0.5, 0.6) is 0 Å². The Kier molecular flexibility index (Phi) is 6.29.